The smallest absolute Gasteiger partial charge is 0.279 e. The average molecular weight is 321 g/mol. The van der Waals surface area contributed by atoms with E-state index in [1.165, 1.54) is 6.92 Å². The first-order valence-corrected chi connectivity index (χ1v) is 7.55. The van der Waals surface area contributed by atoms with Gasteiger partial charge in [0, 0.05) is 18.2 Å². The Labute approximate surface area is 133 Å². The summed E-state index contributed by atoms with van der Waals surface area (Å²) in [5, 5.41) is 25.0. The highest BCUT2D eigenvalue weighted by Crippen LogP contribution is 2.30. The molecule has 0 saturated heterocycles. The lowest BCUT2D eigenvalue weighted by Gasteiger charge is -2.29. The van der Waals surface area contributed by atoms with Gasteiger partial charge < -0.3 is 5.32 Å². The largest absolute Gasteiger partial charge is 0.349 e. The van der Waals surface area contributed by atoms with Crippen LogP contribution in [0.2, 0.25) is 0 Å². The quantitative estimate of drug-likeness (QED) is 0.675. The predicted molar refractivity (Wildman–Crippen MR) is 83.4 cm³/mol. The van der Waals surface area contributed by atoms with Crippen LogP contribution in [0.5, 0.6) is 0 Å². The first-order valence-electron chi connectivity index (χ1n) is 7.55. The molecule has 8 nitrogen and oxygen atoms in total. The number of carbonyl (C=O) groups is 1. The van der Waals surface area contributed by atoms with Crippen molar-refractivity contribution in [2.75, 3.05) is 0 Å². The summed E-state index contributed by atoms with van der Waals surface area (Å²) < 4.78 is 0. The summed E-state index contributed by atoms with van der Waals surface area (Å²) in [4.78, 5) is 33.1. The molecule has 0 aromatic heterocycles. The summed E-state index contributed by atoms with van der Waals surface area (Å²) in [5.41, 5.74) is -0.934. The SMILES string of the molecule is Cc1c([N+](=O)[O-])cc(C(=O)NC2CCCCC2C)cc1[N+](=O)[O-]. The summed E-state index contributed by atoms with van der Waals surface area (Å²) in [7, 11) is 0. The van der Waals surface area contributed by atoms with E-state index in [1.807, 2.05) is 6.92 Å². The molecule has 0 radical (unpaired) electrons. The van der Waals surface area contributed by atoms with Gasteiger partial charge in [-0.15, -0.1) is 0 Å². The lowest BCUT2D eigenvalue weighted by atomic mass is 9.86. The van der Waals surface area contributed by atoms with Crippen LogP contribution in [-0.4, -0.2) is 21.8 Å². The molecule has 8 heteroatoms. The third kappa shape index (κ3) is 3.64. The number of rotatable bonds is 4. The van der Waals surface area contributed by atoms with Crippen molar-refractivity contribution in [3.05, 3.63) is 43.5 Å². The van der Waals surface area contributed by atoms with E-state index in [4.69, 9.17) is 0 Å². The minimum atomic E-state index is -0.706. The fourth-order valence-electron chi connectivity index (χ4n) is 2.98. The summed E-state index contributed by atoms with van der Waals surface area (Å²) in [6.45, 7) is 3.35. The van der Waals surface area contributed by atoms with Crippen molar-refractivity contribution < 1.29 is 14.6 Å². The molecule has 0 spiro atoms. The molecule has 0 bridgehead atoms. The van der Waals surface area contributed by atoms with Crippen LogP contribution >= 0.6 is 0 Å². The molecule has 124 valence electrons. The molecule has 23 heavy (non-hydrogen) atoms. The topological polar surface area (TPSA) is 115 Å². The maximum Gasteiger partial charge on any atom is 0.279 e. The van der Waals surface area contributed by atoms with Crippen molar-refractivity contribution in [1.29, 1.82) is 0 Å². The fraction of sp³-hybridized carbons (Fsp3) is 0.533. The van der Waals surface area contributed by atoms with Gasteiger partial charge in [-0.2, -0.15) is 0 Å². The van der Waals surface area contributed by atoms with Gasteiger partial charge in [0.2, 0.25) is 0 Å². The Bertz CT molecular complexity index is 624. The van der Waals surface area contributed by atoms with Crippen molar-refractivity contribution >= 4 is 17.3 Å². The van der Waals surface area contributed by atoms with Crippen molar-refractivity contribution in [2.24, 2.45) is 5.92 Å². The third-order valence-electron chi connectivity index (χ3n) is 4.44. The van der Waals surface area contributed by atoms with Gasteiger partial charge in [-0.05, 0) is 25.7 Å². The molecule has 1 N–H and O–H groups in total. The van der Waals surface area contributed by atoms with Gasteiger partial charge in [0.15, 0.2) is 0 Å². The van der Waals surface area contributed by atoms with E-state index in [2.05, 4.69) is 5.32 Å². The van der Waals surface area contributed by atoms with Crippen LogP contribution in [0.3, 0.4) is 0 Å². The molecule has 1 amide bonds. The molecule has 1 fully saturated rings. The number of hydrogen-bond donors (Lipinski definition) is 1. The van der Waals surface area contributed by atoms with Crippen LogP contribution in [-0.2, 0) is 0 Å². The van der Waals surface area contributed by atoms with E-state index in [0.717, 1.165) is 37.8 Å². The van der Waals surface area contributed by atoms with Crippen LogP contribution in [0.15, 0.2) is 12.1 Å². The Morgan fingerprint density at radius 3 is 2.13 bits per heavy atom. The van der Waals surface area contributed by atoms with E-state index in [0.29, 0.717) is 5.92 Å². The van der Waals surface area contributed by atoms with Crippen molar-refractivity contribution in [2.45, 2.75) is 45.6 Å². The summed E-state index contributed by atoms with van der Waals surface area (Å²) >= 11 is 0. The van der Waals surface area contributed by atoms with Crippen LogP contribution in [0.4, 0.5) is 11.4 Å². The molecular formula is C15H19N3O5. The molecule has 2 atom stereocenters. The van der Waals surface area contributed by atoms with E-state index in [1.54, 1.807) is 0 Å². The normalized spacial score (nSPS) is 20.8. The number of benzene rings is 1. The third-order valence-corrected chi connectivity index (χ3v) is 4.44. The number of carbonyl (C=O) groups excluding carboxylic acids is 1. The summed E-state index contributed by atoms with van der Waals surface area (Å²) in [5.74, 6) is -0.182. The zero-order valence-corrected chi connectivity index (χ0v) is 13.1. The number of amides is 1. The van der Waals surface area contributed by atoms with Gasteiger partial charge in [-0.25, -0.2) is 0 Å². The van der Waals surface area contributed by atoms with Crippen molar-refractivity contribution in [3.8, 4) is 0 Å². The second-order valence-corrected chi connectivity index (χ2v) is 6.00. The van der Waals surface area contributed by atoms with Gasteiger partial charge >= 0.3 is 0 Å². The first kappa shape index (κ1) is 16.9. The van der Waals surface area contributed by atoms with Crippen LogP contribution in [0, 0.1) is 33.1 Å². The molecule has 2 unspecified atom stereocenters. The first-order chi connectivity index (χ1) is 10.8. The van der Waals surface area contributed by atoms with Crippen LogP contribution < -0.4 is 5.32 Å². The Morgan fingerprint density at radius 1 is 1.13 bits per heavy atom. The van der Waals surface area contributed by atoms with Gasteiger partial charge in [-0.1, -0.05) is 19.8 Å². The van der Waals surface area contributed by atoms with E-state index in [-0.39, 0.29) is 17.2 Å². The zero-order valence-electron chi connectivity index (χ0n) is 13.1. The van der Waals surface area contributed by atoms with E-state index < -0.39 is 27.1 Å². The molecule has 1 aromatic rings. The molecule has 1 aliphatic rings. The van der Waals surface area contributed by atoms with Gasteiger partial charge in [0.05, 0.1) is 15.4 Å². The lowest BCUT2D eigenvalue weighted by Crippen LogP contribution is -2.41. The number of nitro benzene ring substituents is 2. The molecular weight excluding hydrogens is 302 g/mol. The van der Waals surface area contributed by atoms with Crippen LogP contribution in [0.1, 0.15) is 48.5 Å². The molecule has 0 heterocycles. The maximum atomic E-state index is 12.4. The van der Waals surface area contributed by atoms with Gasteiger partial charge in [-0.3, -0.25) is 25.0 Å². The molecule has 1 saturated carbocycles. The zero-order chi connectivity index (χ0) is 17.1. The van der Waals surface area contributed by atoms with Crippen molar-refractivity contribution in [3.63, 3.8) is 0 Å². The van der Waals surface area contributed by atoms with Gasteiger partial charge in [0.1, 0.15) is 5.56 Å². The molecule has 1 aliphatic carbocycles. The number of nitrogens with one attached hydrogen (secondary N) is 1. The van der Waals surface area contributed by atoms with Crippen molar-refractivity contribution in [1.82, 2.24) is 5.32 Å². The molecule has 0 aliphatic heterocycles. The van der Waals surface area contributed by atoms with Gasteiger partial charge in [0.25, 0.3) is 17.3 Å². The lowest BCUT2D eigenvalue weighted by molar-refractivity contribution is -0.395. The minimum Gasteiger partial charge on any atom is -0.349 e. The second-order valence-electron chi connectivity index (χ2n) is 6.00. The predicted octanol–water partition coefficient (Wildman–Crippen LogP) is 3.12. The number of nitro groups is 2. The minimum absolute atomic E-state index is 0.00401. The Hall–Kier alpha value is -2.51. The molecule has 1 aromatic carbocycles. The van der Waals surface area contributed by atoms with Crippen LogP contribution in [0.25, 0.3) is 0 Å². The number of nitrogens with zero attached hydrogens (tertiary/aromatic N) is 2. The Kier molecular flexibility index (Phi) is 4.92. The highest BCUT2D eigenvalue weighted by atomic mass is 16.6. The van der Waals surface area contributed by atoms with E-state index >= 15 is 0 Å². The second kappa shape index (κ2) is 6.72. The monoisotopic (exact) mass is 321 g/mol. The summed E-state index contributed by atoms with van der Waals surface area (Å²) in [6.07, 6.45) is 4.00. The highest BCUT2D eigenvalue weighted by Gasteiger charge is 2.28. The average Bonchev–Trinajstić information content (AvgIpc) is 2.49. The standard InChI is InChI=1S/C15H19N3O5/c1-9-5-3-4-6-12(9)16-15(19)11-7-13(17(20)21)10(2)14(8-11)18(22)23/h7-9,12H,3-6H2,1-2H3,(H,16,19). The molecule has 2 rings (SSSR count). The Balaban J connectivity index is 2.32. The summed E-state index contributed by atoms with van der Waals surface area (Å²) in [6, 6.07) is 2.20. The highest BCUT2D eigenvalue weighted by molar-refractivity contribution is 5.96. The number of hydrogen-bond acceptors (Lipinski definition) is 5. The Morgan fingerprint density at radius 2 is 1.65 bits per heavy atom. The van der Waals surface area contributed by atoms with E-state index in [9.17, 15) is 25.0 Å². The fourth-order valence-corrected chi connectivity index (χ4v) is 2.98. The maximum absolute atomic E-state index is 12.4.